The first-order valence-electron chi connectivity index (χ1n) is 6.77. The molecule has 2 N–H and O–H groups in total. The van der Waals surface area contributed by atoms with Gasteiger partial charge in [0.2, 0.25) is 0 Å². The van der Waals surface area contributed by atoms with Crippen LogP contribution in [0.25, 0.3) is 22.6 Å². The molecule has 0 aliphatic rings. The van der Waals surface area contributed by atoms with Crippen LogP contribution in [-0.2, 0) is 0 Å². The van der Waals surface area contributed by atoms with Crippen molar-refractivity contribution >= 4 is 22.6 Å². The third-order valence-corrected chi connectivity index (χ3v) is 3.46. The summed E-state index contributed by atoms with van der Waals surface area (Å²) in [6.45, 7) is 0. The van der Waals surface area contributed by atoms with Crippen LogP contribution in [0.15, 0.2) is 48.7 Å². The molecule has 1 heterocycles. The summed E-state index contributed by atoms with van der Waals surface area (Å²) in [5.74, 6) is 0.643. The molecule has 4 heteroatoms. The molecule has 0 fully saturated rings. The van der Waals surface area contributed by atoms with Gasteiger partial charge in [-0.1, -0.05) is 18.2 Å². The number of hydrogen-bond donors (Lipinski definition) is 2. The molecule has 0 saturated carbocycles. The van der Waals surface area contributed by atoms with Crippen LogP contribution in [0.5, 0.6) is 11.5 Å². The van der Waals surface area contributed by atoms with Crippen molar-refractivity contribution in [1.29, 1.82) is 5.26 Å². The minimum atomic E-state index is 0.0989. The van der Waals surface area contributed by atoms with E-state index in [0.717, 1.165) is 16.5 Å². The van der Waals surface area contributed by atoms with Crippen molar-refractivity contribution in [3.63, 3.8) is 0 Å². The number of aromatic hydroxyl groups is 1. The lowest BCUT2D eigenvalue weighted by molar-refractivity contribution is 0.407. The number of phenolic OH excluding ortho intramolecular Hbond substituents is 1. The second-order valence-corrected chi connectivity index (χ2v) is 4.88. The van der Waals surface area contributed by atoms with Crippen LogP contribution < -0.4 is 4.74 Å². The van der Waals surface area contributed by atoms with Crippen molar-refractivity contribution in [2.45, 2.75) is 0 Å². The standard InChI is InChI=1S/C18H14N2O2/c1-22-15-8-12(7-14(21)9-15)6-13(10-19)17-11-20-18-5-3-2-4-16(17)18/h2-9,11,20-21H,1H3/b13-6+. The number of rotatable bonds is 3. The Morgan fingerprint density at radius 1 is 1.27 bits per heavy atom. The molecule has 0 atom stereocenters. The quantitative estimate of drug-likeness (QED) is 0.718. The van der Waals surface area contributed by atoms with Crippen molar-refractivity contribution < 1.29 is 9.84 Å². The van der Waals surface area contributed by atoms with Crippen LogP contribution in [0.1, 0.15) is 11.1 Å². The van der Waals surface area contributed by atoms with E-state index >= 15 is 0 Å². The zero-order chi connectivity index (χ0) is 15.5. The third kappa shape index (κ3) is 2.52. The molecule has 0 aliphatic carbocycles. The van der Waals surface area contributed by atoms with Gasteiger partial charge in [-0.15, -0.1) is 0 Å². The van der Waals surface area contributed by atoms with E-state index in [1.165, 1.54) is 13.2 Å². The summed E-state index contributed by atoms with van der Waals surface area (Å²) in [4.78, 5) is 3.16. The van der Waals surface area contributed by atoms with Gasteiger partial charge in [0.25, 0.3) is 0 Å². The van der Waals surface area contributed by atoms with E-state index < -0.39 is 0 Å². The van der Waals surface area contributed by atoms with E-state index in [-0.39, 0.29) is 5.75 Å². The normalized spacial score (nSPS) is 11.4. The van der Waals surface area contributed by atoms with Crippen LogP contribution >= 0.6 is 0 Å². The number of hydrogen-bond acceptors (Lipinski definition) is 3. The van der Waals surface area contributed by atoms with Gasteiger partial charge in [0, 0.05) is 28.7 Å². The number of benzene rings is 2. The monoisotopic (exact) mass is 290 g/mol. The molecule has 0 bridgehead atoms. The Morgan fingerprint density at radius 2 is 2.09 bits per heavy atom. The lowest BCUT2D eigenvalue weighted by Crippen LogP contribution is -1.85. The molecule has 0 spiro atoms. The van der Waals surface area contributed by atoms with Crippen LogP contribution in [-0.4, -0.2) is 17.2 Å². The predicted octanol–water partition coefficient (Wildman–Crippen LogP) is 3.95. The molecule has 0 radical (unpaired) electrons. The Hall–Kier alpha value is -3.19. The number of phenols is 1. The molecular formula is C18H14N2O2. The van der Waals surface area contributed by atoms with Gasteiger partial charge < -0.3 is 14.8 Å². The van der Waals surface area contributed by atoms with Gasteiger partial charge in [-0.05, 0) is 29.8 Å². The molecule has 4 nitrogen and oxygen atoms in total. The van der Waals surface area contributed by atoms with E-state index in [9.17, 15) is 10.4 Å². The Morgan fingerprint density at radius 3 is 2.86 bits per heavy atom. The Kier molecular flexibility index (Phi) is 3.55. The van der Waals surface area contributed by atoms with Crippen molar-refractivity contribution in [2.75, 3.05) is 7.11 Å². The molecule has 108 valence electrons. The van der Waals surface area contributed by atoms with E-state index in [4.69, 9.17) is 4.74 Å². The average Bonchev–Trinajstić information content (AvgIpc) is 2.96. The highest BCUT2D eigenvalue weighted by Crippen LogP contribution is 2.28. The summed E-state index contributed by atoms with van der Waals surface area (Å²) in [6, 6.07) is 14.9. The molecule has 0 unspecified atom stereocenters. The van der Waals surface area contributed by atoms with Crippen LogP contribution in [0.4, 0.5) is 0 Å². The maximum Gasteiger partial charge on any atom is 0.123 e. The number of aromatic nitrogens is 1. The van der Waals surface area contributed by atoms with Crippen molar-refractivity contribution in [1.82, 2.24) is 4.98 Å². The SMILES string of the molecule is COc1cc(O)cc(/C=C(\C#N)c2c[nH]c3ccccc23)c1. The lowest BCUT2D eigenvalue weighted by Gasteiger charge is -2.03. The molecule has 0 aliphatic heterocycles. The Labute approximate surface area is 127 Å². The topological polar surface area (TPSA) is 69.0 Å². The van der Waals surface area contributed by atoms with E-state index in [1.54, 1.807) is 18.2 Å². The second kappa shape index (κ2) is 5.66. The highest BCUT2D eigenvalue weighted by atomic mass is 16.5. The minimum absolute atomic E-state index is 0.0989. The molecule has 0 amide bonds. The molecule has 0 saturated heterocycles. The second-order valence-electron chi connectivity index (χ2n) is 4.88. The number of para-hydroxylation sites is 1. The number of ether oxygens (including phenoxy) is 1. The molecule has 2 aromatic carbocycles. The average molecular weight is 290 g/mol. The minimum Gasteiger partial charge on any atom is -0.508 e. The zero-order valence-electron chi connectivity index (χ0n) is 12.0. The number of nitriles is 1. The van der Waals surface area contributed by atoms with Gasteiger partial charge in [0.05, 0.1) is 18.8 Å². The number of methoxy groups -OCH3 is 1. The Balaban J connectivity index is 2.12. The molecule has 1 aromatic heterocycles. The first-order chi connectivity index (χ1) is 10.7. The molecule has 3 aromatic rings. The molecule has 22 heavy (non-hydrogen) atoms. The fourth-order valence-corrected chi connectivity index (χ4v) is 2.44. The summed E-state index contributed by atoms with van der Waals surface area (Å²) in [6.07, 6.45) is 3.55. The largest absolute Gasteiger partial charge is 0.508 e. The third-order valence-electron chi connectivity index (χ3n) is 3.46. The maximum absolute atomic E-state index is 9.71. The van der Waals surface area contributed by atoms with E-state index in [1.807, 2.05) is 30.5 Å². The maximum atomic E-state index is 9.71. The van der Waals surface area contributed by atoms with Gasteiger partial charge in [0.15, 0.2) is 0 Å². The number of allylic oxidation sites excluding steroid dienone is 1. The summed E-state index contributed by atoms with van der Waals surface area (Å²) in [5.41, 5.74) is 3.04. The molecule has 3 rings (SSSR count). The van der Waals surface area contributed by atoms with E-state index in [2.05, 4.69) is 11.1 Å². The number of aromatic amines is 1. The van der Waals surface area contributed by atoms with Crippen molar-refractivity contribution in [3.8, 4) is 17.6 Å². The zero-order valence-corrected chi connectivity index (χ0v) is 12.0. The van der Waals surface area contributed by atoms with Gasteiger partial charge in [-0.25, -0.2) is 0 Å². The first-order valence-corrected chi connectivity index (χ1v) is 6.77. The smallest absolute Gasteiger partial charge is 0.123 e. The number of nitrogens with one attached hydrogen (secondary N) is 1. The predicted molar refractivity (Wildman–Crippen MR) is 86.4 cm³/mol. The fourth-order valence-electron chi connectivity index (χ4n) is 2.44. The van der Waals surface area contributed by atoms with Gasteiger partial charge in [-0.3, -0.25) is 0 Å². The number of nitrogens with zero attached hydrogens (tertiary/aromatic N) is 1. The van der Waals surface area contributed by atoms with E-state index in [0.29, 0.717) is 16.9 Å². The number of fused-ring (bicyclic) bond motifs is 1. The Bertz CT molecular complexity index is 901. The summed E-state index contributed by atoms with van der Waals surface area (Å²) >= 11 is 0. The van der Waals surface area contributed by atoms with Crippen LogP contribution in [0.3, 0.4) is 0 Å². The summed E-state index contributed by atoms with van der Waals surface area (Å²) in [7, 11) is 1.53. The highest BCUT2D eigenvalue weighted by Gasteiger charge is 2.08. The first kappa shape index (κ1) is 13.8. The summed E-state index contributed by atoms with van der Waals surface area (Å²) < 4.78 is 5.13. The van der Waals surface area contributed by atoms with Gasteiger partial charge >= 0.3 is 0 Å². The lowest BCUT2D eigenvalue weighted by atomic mass is 10.0. The fraction of sp³-hybridized carbons (Fsp3) is 0.0556. The highest BCUT2D eigenvalue weighted by molar-refractivity contribution is 6.01. The van der Waals surface area contributed by atoms with Crippen LogP contribution in [0.2, 0.25) is 0 Å². The molecular weight excluding hydrogens is 276 g/mol. The van der Waals surface area contributed by atoms with Crippen molar-refractivity contribution in [3.05, 3.63) is 59.8 Å². The van der Waals surface area contributed by atoms with Crippen molar-refractivity contribution in [2.24, 2.45) is 0 Å². The van der Waals surface area contributed by atoms with Gasteiger partial charge in [0.1, 0.15) is 11.5 Å². The number of H-pyrrole nitrogens is 1. The van der Waals surface area contributed by atoms with Crippen LogP contribution in [0, 0.1) is 11.3 Å². The van der Waals surface area contributed by atoms with Gasteiger partial charge in [-0.2, -0.15) is 5.26 Å². The summed E-state index contributed by atoms with van der Waals surface area (Å²) in [5, 5.41) is 20.2.